The lowest BCUT2D eigenvalue weighted by molar-refractivity contribution is 0.318. The van der Waals surface area contributed by atoms with Crippen molar-refractivity contribution in [2.75, 3.05) is 19.1 Å². The molecule has 110 valence electrons. The number of nitrogens with zero attached hydrogens (tertiary/aromatic N) is 3. The SMILES string of the molecule is COc1cccc(CN(C)c2ccnc(C(N)=NO)c2)c1. The van der Waals surface area contributed by atoms with E-state index in [1.165, 1.54) is 0 Å². The van der Waals surface area contributed by atoms with Crippen LogP contribution in [0.5, 0.6) is 5.75 Å². The highest BCUT2D eigenvalue weighted by Gasteiger charge is 2.07. The Bertz CT molecular complexity index is 643. The predicted molar refractivity (Wildman–Crippen MR) is 81.8 cm³/mol. The minimum Gasteiger partial charge on any atom is -0.497 e. The minimum atomic E-state index is -0.00775. The number of rotatable bonds is 5. The van der Waals surface area contributed by atoms with Gasteiger partial charge in [-0.25, -0.2) is 0 Å². The molecule has 2 aromatic rings. The molecule has 0 aliphatic carbocycles. The van der Waals surface area contributed by atoms with E-state index in [-0.39, 0.29) is 5.84 Å². The van der Waals surface area contributed by atoms with Gasteiger partial charge in [0.2, 0.25) is 0 Å². The highest BCUT2D eigenvalue weighted by atomic mass is 16.5. The number of anilines is 1. The third-order valence-corrected chi connectivity index (χ3v) is 3.11. The predicted octanol–water partition coefficient (Wildman–Crippen LogP) is 1.82. The summed E-state index contributed by atoms with van der Waals surface area (Å²) >= 11 is 0. The fourth-order valence-corrected chi connectivity index (χ4v) is 1.98. The van der Waals surface area contributed by atoms with Crippen molar-refractivity contribution in [1.29, 1.82) is 0 Å². The number of nitrogens with two attached hydrogens (primary N) is 1. The average molecular weight is 286 g/mol. The van der Waals surface area contributed by atoms with E-state index in [4.69, 9.17) is 15.7 Å². The third-order valence-electron chi connectivity index (χ3n) is 3.11. The van der Waals surface area contributed by atoms with Gasteiger partial charge in [-0.2, -0.15) is 0 Å². The first-order valence-electron chi connectivity index (χ1n) is 6.42. The maximum atomic E-state index is 8.71. The molecule has 0 atom stereocenters. The second kappa shape index (κ2) is 6.60. The van der Waals surface area contributed by atoms with Crippen molar-refractivity contribution in [1.82, 2.24) is 4.98 Å². The molecule has 0 saturated heterocycles. The van der Waals surface area contributed by atoms with Crippen LogP contribution < -0.4 is 15.4 Å². The van der Waals surface area contributed by atoms with Crippen molar-refractivity contribution in [3.63, 3.8) is 0 Å². The Morgan fingerprint density at radius 1 is 1.38 bits per heavy atom. The van der Waals surface area contributed by atoms with Gasteiger partial charge in [0, 0.05) is 25.5 Å². The summed E-state index contributed by atoms with van der Waals surface area (Å²) in [4.78, 5) is 6.11. The molecule has 0 radical (unpaired) electrons. The molecule has 21 heavy (non-hydrogen) atoms. The summed E-state index contributed by atoms with van der Waals surface area (Å²) in [6.07, 6.45) is 1.63. The van der Waals surface area contributed by atoms with Crippen molar-refractivity contribution in [2.24, 2.45) is 10.9 Å². The van der Waals surface area contributed by atoms with Crippen LogP contribution in [0.15, 0.2) is 47.8 Å². The zero-order chi connectivity index (χ0) is 15.2. The number of oxime groups is 1. The van der Waals surface area contributed by atoms with E-state index in [9.17, 15) is 0 Å². The van der Waals surface area contributed by atoms with E-state index in [1.807, 2.05) is 42.3 Å². The summed E-state index contributed by atoms with van der Waals surface area (Å²) in [6.45, 7) is 0.705. The molecule has 1 aromatic heterocycles. The Balaban J connectivity index is 2.18. The van der Waals surface area contributed by atoms with E-state index in [0.29, 0.717) is 12.2 Å². The molecule has 0 aliphatic heterocycles. The molecule has 1 aromatic carbocycles. The largest absolute Gasteiger partial charge is 0.497 e. The van der Waals surface area contributed by atoms with E-state index >= 15 is 0 Å². The number of pyridine rings is 1. The number of hydrogen-bond acceptors (Lipinski definition) is 5. The number of aromatic nitrogens is 1. The summed E-state index contributed by atoms with van der Waals surface area (Å²) in [5.41, 5.74) is 8.04. The highest BCUT2D eigenvalue weighted by molar-refractivity contribution is 5.95. The van der Waals surface area contributed by atoms with Crippen LogP contribution in [0.1, 0.15) is 11.3 Å². The van der Waals surface area contributed by atoms with Crippen molar-refractivity contribution in [3.05, 3.63) is 53.9 Å². The summed E-state index contributed by atoms with van der Waals surface area (Å²) < 4.78 is 5.22. The Hall–Kier alpha value is -2.76. The first-order chi connectivity index (χ1) is 10.1. The Morgan fingerprint density at radius 2 is 2.19 bits per heavy atom. The van der Waals surface area contributed by atoms with Gasteiger partial charge in [0.25, 0.3) is 0 Å². The molecule has 0 unspecified atom stereocenters. The monoisotopic (exact) mass is 286 g/mol. The summed E-state index contributed by atoms with van der Waals surface area (Å²) in [7, 11) is 3.61. The highest BCUT2D eigenvalue weighted by Crippen LogP contribution is 2.18. The van der Waals surface area contributed by atoms with Crippen LogP contribution in [0.2, 0.25) is 0 Å². The molecule has 1 heterocycles. The van der Waals surface area contributed by atoms with Crippen molar-refractivity contribution >= 4 is 11.5 Å². The van der Waals surface area contributed by atoms with Gasteiger partial charge in [-0.15, -0.1) is 0 Å². The van der Waals surface area contributed by atoms with Crippen LogP contribution in [0.25, 0.3) is 0 Å². The lowest BCUT2D eigenvalue weighted by Gasteiger charge is -2.20. The summed E-state index contributed by atoms with van der Waals surface area (Å²) in [5.74, 6) is 0.819. The number of methoxy groups -OCH3 is 1. The Kier molecular flexibility index (Phi) is 4.61. The van der Waals surface area contributed by atoms with Gasteiger partial charge < -0.3 is 20.6 Å². The molecule has 0 aliphatic rings. The van der Waals surface area contributed by atoms with Crippen LogP contribution in [-0.4, -0.2) is 30.2 Å². The van der Waals surface area contributed by atoms with Gasteiger partial charge in [0.15, 0.2) is 5.84 Å². The van der Waals surface area contributed by atoms with Crippen molar-refractivity contribution in [3.8, 4) is 5.75 Å². The summed E-state index contributed by atoms with van der Waals surface area (Å²) in [5, 5.41) is 11.7. The standard InChI is InChI=1S/C15H18N4O2/c1-19(10-11-4-3-5-13(8-11)21-2)12-6-7-17-14(9-12)15(16)18-20/h3-9,20H,10H2,1-2H3,(H2,16,18). The average Bonchev–Trinajstić information content (AvgIpc) is 2.54. The van der Waals surface area contributed by atoms with E-state index in [0.717, 1.165) is 17.0 Å². The number of ether oxygens (including phenoxy) is 1. The van der Waals surface area contributed by atoms with Gasteiger partial charge in [-0.05, 0) is 29.8 Å². The molecule has 0 saturated carbocycles. The first-order valence-corrected chi connectivity index (χ1v) is 6.42. The second-order valence-corrected chi connectivity index (χ2v) is 4.59. The lowest BCUT2D eigenvalue weighted by Crippen LogP contribution is -2.19. The van der Waals surface area contributed by atoms with E-state index < -0.39 is 0 Å². The third kappa shape index (κ3) is 3.62. The van der Waals surface area contributed by atoms with Gasteiger partial charge >= 0.3 is 0 Å². The topological polar surface area (TPSA) is 84.0 Å². The molecular weight excluding hydrogens is 268 g/mol. The molecule has 2 rings (SSSR count). The normalized spacial score (nSPS) is 11.2. The zero-order valence-electron chi connectivity index (χ0n) is 12.0. The molecule has 0 bridgehead atoms. The van der Waals surface area contributed by atoms with Gasteiger partial charge in [-0.1, -0.05) is 17.3 Å². The van der Waals surface area contributed by atoms with Crippen LogP contribution >= 0.6 is 0 Å². The van der Waals surface area contributed by atoms with Crippen LogP contribution in [0.3, 0.4) is 0 Å². The summed E-state index contributed by atoms with van der Waals surface area (Å²) in [6, 6.07) is 11.5. The second-order valence-electron chi connectivity index (χ2n) is 4.59. The first kappa shape index (κ1) is 14.6. The molecular formula is C15H18N4O2. The van der Waals surface area contributed by atoms with Crippen LogP contribution in [-0.2, 0) is 6.54 Å². The molecule has 6 nitrogen and oxygen atoms in total. The Morgan fingerprint density at radius 3 is 2.90 bits per heavy atom. The molecule has 6 heteroatoms. The fraction of sp³-hybridized carbons (Fsp3) is 0.200. The van der Waals surface area contributed by atoms with Crippen molar-refractivity contribution in [2.45, 2.75) is 6.54 Å². The maximum absolute atomic E-state index is 8.71. The Labute approximate surface area is 123 Å². The number of hydrogen-bond donors (Lipinski definition) is 2. The number of benzene rings is 1. The van der Waals surface area contributed by atoms with Crippen LogP contribution in [0.4, 0.5) is 5.69 Å². The van der Waals surface area contributed by atoms with Gasteiger partial charge in [0.1, 0.15) is 11.4 Å². The lowest BCUT2D eigenvalue weighted by atomic mass is 10.2. The zero-order valence-corrected chi connectivity index (χ0v) is 12.0. The van der Waals surface area contributed by atoms with E-state index in [2.05, 4.69) is 10.1 Å². The molecule has 3 N–H and O–H groups in total. The number of amidine groups is 1. The van der Waals surface area contributed by atoms with Gasteiger partial charge in [0.05, 0.1) is 7.11 Å². The molecule has 0 fully saturated rings. The molecule has 0 spiro atoms. The minimum absolute atomic E-state index is 0.00775. The van der Waals surface area contributed by atoms with E-state index in [1.54, 1.807) is 19.4 Å². The fourth-order valence-electron chi connectivity index (χ4n) is 1.98. The maximum Gasteiger partial charge on any atom is 0.188 e. The van der Waals surface area contributed by atoms with Crippen LogP contribution in [0, 0.1) is 0 Å². The van der Waals surface area contributed by atoms with Crippen molar-refractivity contribution < 1.29 is 9.94 Å². The van der Waals surface area contributed by atoms with Gasteiger partial charge in [-0.3, -0.25) is 4.98 Å². The smallest absolute Gasteiger partial charge is 0.188 e. The molecule has 0 amide bonds. The quantitative estimate of drug-likeness (QED) is 0.379.